The van der Waals surface area contributed by atoms with Crippen LogP contribution < -0.4 is 9.80 Å². The molecular formula is C77H53N5. The van der Waals surface area contributed by atoms with Crippen molar-refractivity contribution in [3.05, 3.63) is 322 Å². The molecule has 1 heterocycles. The average Bonchev–Trinajstić information content (AvgIpc) is 3.66. The van der Waals surface area contributed by atoms with Gasteiger partial charge in [-0.15, -0.1) is 0 Å². The lowest BCUT2D eigenvalue weighted by atomic mass is 9.99. The summed E-state index contributed by atoms with van der Waals surface area (Å²) < 4.78 is 0. The van der Waals surface area contributed by atoms with Gasteiger partial charge in [0, 0.05) is 50.2 Å². The Labute approximate surface area is 478 Å². The van der Waals surface area contributed by atoms with Crippen LogP contribution >= 0.6 is 0 Å². The summed E-state index contributed by atoms with van der Waals surface area (Å²) in [5, 5.41) is 4.85. The highest BCUT2D eigenvalue weighted by Gasteiger charge is 2.18. The summed E-state index contributed by atoms with van der Waals surface area (Å²) in [5.74, 6) is 1.87. The summed E-state index contributed by atoms with van der Waals surface area (Å²) in [6, 6.07) is 114. The van der Waals surface area contributed by atoms with Crippen molar-refractivity contribution in [2.45, 2.75) is 0 Å². The molecule has 0 saturated carbocycles. The molecule has 386 valence electrons. The standard InChI is InChI=1S/C77H53N5/c1-4-18-64(19-5-1)75-78-76(65-42-38-58(39-43-65)54-30-34-56(35-31-54)60-46-50-69(51-47-60)81(67-22-6-2-7-23-67)73-28-14-20-62-16-10-12-26-71(62)73)80-77(79-75)66-44-40-59(41-45-66)55-32-36-57(37-33-55)61-48-52-70(53-49-61)82(68-24-8-3-9-25-68)74-29-15-21-63-17-11-13-27-72(63)74/h1-53H. The van der Waals surface area contributed by atoms with E-state index in [1.54, 1.807) is 0 Å². The number of aromatic nitrogens is 3. The molecule has 0 atom stereocenters. The Balaban J connectivity index is 0.688. The third-order valence-corrected chi connectivity index (χ3v) is 15.4. The molecule has 0 amide bonds. The smallest absolute Gasteiger partial charge is 0.164 e. The van der Waals surface area contributed by atoms with Crippen molar-refractivity contribution in [1.82, 2.24) is 15.0 Å². The number of hydrogen-bond donors (Lipinski definition) is 0. The summed E-state index contributed by atoms with van der Waals surface area (Å²) in [6.07, 6.45) is 0. The summed E-state index contributed by atoms with van der Waals surface area (Å²) in [4.78, 5) is 19.8. The fraction of sp³-hybridized carbons (Fsp3) is 0. The second-order valence-corrected chi connectivity index (χ2v) is 20.4. The van der Waals surface area contributed by atoms with Crippen LogP contribution in [0.4, 0.5) is 34.1 Å². The minimum absolute atomic E-state index is 0.620. The average molecular weight is 1050 g/mol. The zero-order chi connectivity index (χ0) is 54.6. The van der Waals surface area contributed by atoms with Gasteiger partial charge in [0.1, 0.15) is 0 Å². The number of nitrogens with zero attached hydrogens (tertiary/aromatic N) is 5. The second kappa shape index (κ2) is 22.0. The lowest BCUT2D eigenvalue weighted by Crippen LogP contribution is -2.10. The van der Waals surface area contributed by atoms with E-state index >= 15 is 0 Å². The van der Waals surface area contributed by atoms with Gasteiger partial charge in [0.2, 0.25) is 0 Å². The van der Waals surface area contributed by atoms with E-state index in [1.807, 2.05) is 30.3 Å². The first-order valence-corrected chi connectivity index (χ1v) is 27.7. The van der Waals surface area contributed by atoms with Crippen LogP contribution in [0.3, 0.4) is 0 Å². The molecule has 1 aromatic heterocycles. The van der Waals surface area contributed by atoms with Gasteiger partial charge in [-0.3, -0.25) is 0 Å². The quantitative estimate of drug-likeness (QED) is 0.115. The molecule has 0 radical (unpaired) electrons. The van der Waals surface area contributed by atoms with Crippen molar-refractivity contribution in [2.75, 3.05) is 9.80 Å². The van der Waals surface area contributed by atoms with E-state index in [1.165, 1.54) is 21.5 Å². The van der Waals surface area contributed by atoms with Crippen LogP contribution in [0.1, 0.15) is 0 Å². The summed E-state index contributed by atoms with van der Waals surface area (Å²) in [6.45, 7) is 0. The molecule has 13 aromatic carbocycles. The SMILES string of the molecule is c1ccc(-c2nc(-c3ccc(-c4ccc(-c5ccc(N(c6ccccc6)c6cccc7ccccc67)cc5)cc4)cc3)nc(-c3ccc(-c4ccc(-c5ccc(N(c6ccccc6)c6cccc7ccccc67)cc5)cc4)cc3)n2)cc1. The summed E-state index contributed by atoms with van der Waals surface area (Å²) in [5.41, 5.74) is 18.6. The minimum atomic E-state index is 0.620. The number of fused-ring (bicyclic) bond motifs is 2. The molecule has 0 fully saturated rings. The number of rotatable bonds is 13. The third-order valence-electron chi connectivity index (χ3n) is 15.4. The number of benzene rings is 13. The van der Waals surface area contributed by atoms with Gasteiger partial charge in [-0.2, -0.15) is 0 Å². The van der Waals surface area contributed by atoms with Crippen LogP contribution in [0.5, 0.6) is 0 Å². The van der Waals surface area contributed by atoms with E-state index in [-0.39, 0.29) is 0 Å². The van der Waals surface area contributed by atoms with Gasteiger partial charge >= 0.3 is 0 Å². The Morgan fingerprint density at radius 2 is 0.402 bits per heavy atom. The van der Waals surface area contributed by atoms with Crippen LogP contribution in [-0.4, -0.2) is 15.0 Å². The highest BCUT2D eigenvalue weighted by Crippen LogP contribution is 2.42. The van der Waals surface area contributed by atoms with Gasteiger partial charge in [0.05, 0.1) is 11.4 Å². The first-order valence-electron chi connectivity index (χ1n) is 27.7. The number of anilines is 6. The third kappa shape index (κ3) is 9.95. The summed E-state index contributed by atoms with van der Waals surface area (Å²) >= 11 is 0. The monoisotopic (exact) mass is 1050 g/mol. The van der Waals surface area contributed by atoms with Crippen molar-refractivity contribution >= 4 is 55.7 Å². The van der Waals surface area contributed by atoms with Gasteiger partial charge in [0.15, 0.2) is 17.5 Å². The van der Waals surface area contributed by atoms with E-state index in [4.69, 9.17) is 15.0 Å². The second-order valence-electron chi connectivity index (χ2n) is 20.4. The van der Waals surface area contributed by atoms with Gasteiger partial charge in [-0.05, 0) is 116 Å². The number of hydrogen-bond acceptors (Lipinski definition) is 5. The fourth-order valence-corrected chi connectivity index (χ4v) is 11.1. The Kier molecular flexibility index (Phi) is 13.2. The van der Waals surface area contributed by atoms with Gasteiger partial charge in [-0.25, -0.2) is 15.0 Å². The topological polar surface area (TPSA) is 45.2 Å². The lowest BCUT2D eigenvalue weighted by molar-refractivity contribution is 1.07. The van der Waals surface area contributed by atoms with E-state index < -0.39 is 0 Å². The van der Waals surface area contributed by atoms with Crippen LogP contribution in [0.2, 0.25) is 0 Å². The largest absolute Gasteiger partial charge is 0.310 e. The van der Waals surface area contributed by atoms with Crippen LogP contribution in [0, 0.1) is 0 Å². The zero-order valence-corrected chi connectivity index (χ0v) is 44.8. The molecule has 82 heavy (non-hydrogen) atoms. The fourth-order valence-electron chi connectivity index (χ4n) is 11.1. The molecule has 0 spiro atoms. The predicted octanol–water partition coefficient (Wildman–Crippen LogP) is 20.8. The van der Waals surface area contributed by atoms with Crippen molar-refractivity contribution in [1.29, 1.82) is 0 Å². The Bertz CT molecular complexity index is 4210. The van der Waals surface area contributed by atoms with E-state index in [0.29, 0.717) is 17.5 Å². The van der Waals surface area contributed by atoms with Crippen LogP contribution in [0.25, 0.3) is 100 Å². The molecule has 5 heteroatoms. The molecule has 0 aliphatic rings. The van der Waals surface area contributed by atoms with Crippen LogP contribution in [0.15, 0.2) is 322 Å². The zero-order valence-electron chi connectivity index (χ0n) is 44.8. The molecule has 0 aliphatic heterocycles. The molecule has 0 N–H and O–H groups in total. The molecule has 14 aromatic rings. The van der Waals surface area contributed by atoms with Gasteiger partial charge in [0.25, 0.3) is 0 Å². The Morgan fingerprint density at radius 3 is 0.732 bits per heavy atom. The Hall–Kier alpha value is -11.0. The predicted molar refractivity (Wildman–Crippen MR) is 342 cm³/mol. The van der Waals surface area contributed by atoms with Crippen molar-refractivity contribution in [3.8, 4) is 78.7 Å². The van der Waals surface area contributed by atoms with E-state index in [2.05, 4.69) is 301 Å². The number of para-hydroxylation sites is 2. The highest BCUT2D eigenvalue weighted by molar-refractivity contribution is 6.00. The van der Waals surface area contributed by atoms with Crippen molar-refractivity contribution < 1.29 is 0 Å². The van der Waals surface area contributed by atoms with Gasteiger partial charge in [-0.1, -0.05) is 261 Å². The summed E-state index contributed by atoms with van der Waals surface area (Å²) in [7, 11) is 0. The Morgan fingerprint density at radius 1 is 0.171 bits per heavy atom. The van der Waals surface area contributed by atoms with Crippen molar-refractivity contribution in [3.63, 3.8) is 0 Å². The normalized spacial score (nSPS) is 11.2. The maximum Gasteiger partial charge on any atom is 0.164 e. The first kappa shape index (κ1) is 49.3. The van der Waals surface area contributed by atoms with Crippen LogP contribution in [-0.2, 0) is 0 Å². The van der Waals surface area contributed by atoms with Crippen molar-refractivity contribution in [2.24, 2.45) is 0 Å². The molecule has 0 aliphatic carbocycles. The molecule has 0 unspecified atom stereocenters. The molecule has 0 saturated heterocycles. The molecule has 0 bridgehead atoms. The van der Waals surface area contributed by atoms with E-state index in [9.17, 15) is 0 Å². The molecule has 14 rings (SSSR count). The minimum Gasteiger partial charge on any atom is -0.310 e. The molecular weight excluding hydrogens is 995 g/mol. The maximum absolute atomic E-state index is 5.10. The first-order chi connectivity index (χ1) is 40.6. The van der Waals surface area contributed by atoms with E-state index in [0.717, 1.165) is 95.3 Å². The lowest BCUT2D eigenvalue weighted by Gasteiger charge is -2.27. The maximum atomic E-state index is 5.10. The van der Waals surface area contributed by atoms with Gasteiger partial charge < -0.3 is 9.80 Å². The molecule has 5 nitrogen and oxygen atoms in total. The highest BCUT2D eigenvalue weighted by atomic mass is 15.1.